The monoisotopic (exact) mass is 262 g/mol. The fourth-order valence-electron chi connectivity index (χ4n) is 1.89. The van der Waals surface area contributed by atoms with Crippen molar-refractivity contribution < 1.29 is 9.85 Å². The summed E-state index contributed by atoms with van der Waals surface area (Å²) in [4.78, 5) is 20.8. The molecule has 0 bridgehead atoms. The average molecular weight is 262 g/mol. The topological polar surface area (TPSA) is 104 Å². The maximum Gasteiger partial charge on any atom is 0.302 e. The van der Waals surface area contributed by atoms with E-state index in [0.717, 1.165) is 0 Å². The molecule has 0 aliphatic rings. The molecular weight excluding hydrogens is 252 g/mol. The fraction of sp³-hybridized carbons (Fsp3) is 0.182. The highest BCUT2D eigenvalue weighted by atomic mass is 16.6. The molecule has 19 heavy (non-hydrogen) atoms. The molecule has 0 N–H and O–H groups in total. The average Bonchev–Trinajstić information content (AvgIpc) is 2.67. The van der Waals surface area contributed by atoms with Gasteiger partial charge in [-0.1, -0.05) is 0 Å². The summed E-state index contributed by atoms with van der Waals surface area (Å²) >= 11 is 0. The number of nitro benzene ring substituents is 2. The van der Waals surface area contributed by atoms with E-state index in [1.54, 1.807) is 19.9 Å². The maximum absolute atomic E-state index is 11.0. The van der Waals surface area contributed by atoms with Crippen LogP contribution in [0.5, 0.6) is 0 Å². The minimum Gasteiger partial charge on any atom is -0.258 e. The van der Waals surface area contributed by atoms with Crippen molar-refractivity contribution in [2.45, 2.75) is 13.8 Å². The molecule has 0 unspecified atom stereocenters. The van der Waals surface area contributed by atoms with Gasteiger partial charge in [0.15, 0.2) is 0 Å². The first-order valence-electron chi connectivity index (χ1n) is 5.37. The molecule has 2 aromatic rings. The Morgan fingerprint density at radius 3 is 2.00 bits per heavy atom. The van der Waals surface area contributed by atoms with E-state index in [9.17, 15) is 20.2 Å². The normalized spacial score (nSPS) is 10.4. The Kier molecular flexibility index (Phi) is 2.99. The number of rotatable bonds is 3. The third-order valence-electron chi connectivity index (χ3n) is 2.61. The lowest BCUT2D eigenvalue weighted by molar-refractivity contribution is -0.393. The highest BCUT2D eigenvalue weighted by Gasteiger charge is 2.27. The molecule has 0 saturated carbocycles. The van der Waals surface area contributed by atoms with Crippen LogP contribution in [0.3, 0.4) is 0 Å². The van der Waals surface area contributed by atoms with Crippen LogP contribution in [0.15, 0.2) is 24.3 Å². The first-order chi connectivity index (χ1) is 8.91. The highest BCUT2D eigenvalue weighted by molar-refractivity contribution is 5.65. The highest BCUT2D eigenvalue weighted by Crippen LogP contribution is 2.32. The number of aromatic nitrogens is 2. The predicted octanol–water partition coefficient (Wildman–Crippen LogP) is 2.31. The Balaban J connectivity index is 2.82. The van der Waals surface area contributed by atoms with Gasteiger partial charge in [0.1, 0.15) is 0 Å². The summed E-state index contributed by atoms with van der Waals surface area (Å²) in [6.07, 6.45) is 0. The lowest BCUT2D eigenvalue weighted by Crippen LogP contribution is -2.07. The molecule has 0 saturated heterocycles. The van der Waals surface area contributed by atoms with E-state index in [-0.39, 0.29) is 17.1 Å². The number of hydrogen-bond acceptors (Lipinski definition) is 5. The molecule has 2 rings (SSSR count). The molecule has 0 spiro atoms. The van der Waals surface area contributed by atoms with Gasteiger partial charge in [-0.05, 0) is 26.0 Å². The van der Waals surface area contributed by atoms with Crippen molar-refractivity contribution >= 4 is 11.4 Å². The van der Waals surface area contributed by atoms with Crippen LogP contribution < -0.4 is 0 Å². The zero-order valence-electron chi connectivity index (χ0n) is 10.2. The Morgan fingerprint density at radius 2 is 1.63 bits per heavy atom. The van der Waals surface area contributed by atoms with Crippen molar-refractivity contribution in [3.63, 3.8) is 0 Å². The van der Waals surface area contributed by atoms with Gasteiger partial charge in [-0.15, -0.1) is 0 Å². The number of hydrogen-bond donors (Lipinski definition) is 0. The van der Waals surface area contributed by atoms with Crippen LogP contribution in [0.1, 0.15) is 11.4 Å². The first-order valence-corrected chi connectivity index (χ1v) is 5.37. The van der Waals surface area contributed by atoms with E-state index in [0.29, 0.717) is 11.4 Å². The zero-order chi connectivity index (χ0) is 14.2. The van der Waals surface area contributed by atoms with Crippen LogP contribution in [0.4, 0.5) is 11.4 Å². The standard InChI is InChI=1S/C11H10N4O4/c1-7-6-8(2)13(12-7)11-9(14(16)17)4-3-5-10(11)15(18)19/h3-6H,1-2H3. The summed E-state index contributed by atoms with van der Waals surface area (Å²) in [7, 11) is 0. The number of nitrogens with zero attached hydrogens (tertiary/aromatic N) is 4. The van der Waals surface area contributed by atoms with Crippen molar-refractivity contribution in [3.05, 3.63) is 55.9 Å². The van der Waals surface area contributed by atoms with Gasteiger partial charge in [-0.2, -0.15) is 5.10 Å². The molecule has 0 fully saturated rings. The molecule has 0 amide bonds. The molecule has 0 radical (unpaired) electrons. The van der Waals surface area contributed by atoms with Gasteiger partial charge in [-0.25, -0.2) is 4.68 Å². The van der Waals surface area contributed by atoms with Crippen molar-refractivity contribution in [1.82, 2.24) is 9.78 Å². The second-order valence-electron chi connectivity index (χ2n) is 4.00. The van der Waals surface area contributed by atoms with E-state index < -0.39 is 9.85 Å². The summed E-state index contributed by atoms with van der Waals surface area (Å²) in [5.41, 5.74) is 0.406. The largest absolute Gasteiger partial charge is 0.302 e. The SMILES string of the molecule is Cc1cc(C)n(-c2c([N+](=O)[O-])cccc2[N+](=O)[O-])n1. The summed E-state index contributed by atoms with van der Waals surface area (Å²) in [6.45, 7) is 3.39. The summed E-state index contributed by atoms with van der Waals surface area (Å²) in [5.74, 6) is 0. The van der Waals surface area contributed by atoms with Crippen molar-refractivity contribution in [2.24, 2.45) is 0 Å². The van der Waals surface area contributed by atoms with Crippen molar-refractivity contribution in [1.29, 1.82) is 0 Å². The van der Waals surface area contributed by atoms with Gasteiger partial charge in [0.25, 0.3) is 0 Å². The first kappa shape index (κ1) is 12.7. The number of nitro groups is 2. The van der Waals surface area contributed by atoms with Gasteiger partial charge in [0.2, 0.25) is 5.69 Å². The van der Waals surface area contributed by atoms with Crippen LogP contribution in [0.25, 0.3) is 5.69 Å². The Labute approximate surface area is 107 Å². The molecule has 0 aliphatic carbocycles. The summed E-state index contributed by atoms with van der Waals surface area (Å²) in [5, 5.41) is 26.1. The predicted molar refractivity (Wildman–Crippen MR) is 66.3 cm³/mol. The van der Waals surface area contributed by atoms with E-state index in [2.05, 4.69) is 5.10 Å². The van der Waals surface area contributed by atoms with E-state index >= 15 is 0 Å². The molecule has 1 aromatic carbocycles. The van der Waals surface area contributed by atoms with Gasteiger partial charge in [-0.3, -0.25) is 20.2 Å². The quantitative estimate of drug-likeness (QED) is 0.623. The molecular formula is C11H10N4O4. The summed E-state index contributed by atoms with van der Waals surface area (Å²) < 4.78 is 1.23. The van der Waals surface area contributed by atoms with E-state index in [4.69, 9.17) is 0 Å². The number of benzene rings is 1. The lowest BCUT2D eigenvalue weighted by Gasteiger charge is -2.05. The molecule has 8 nitrogen and oxygen atoms in total. The molecule has 0 aliphatic heterocycles. The van der Waals surface area contributed by atoms with E-state index in [1.807, 2.05) is 0 Å². The van der Waals surface area contributed by atoms with Crippen molar-refractivity contribution in [3.8, 4) is 5.69 Å². The minimum absolute atomic E-state index is 0.122. The number of aryl methyl sites for hydroxylation is 2. The number of para-hydroxylation sites is 1. The van der Waals surface area contributed by atoms with Crippen LogP contribution in [0, 0.1) is 34.1 Å². The van der Waals surface area contributed by atoms with E-state index in [1.165, 1.54) is 22.9 Å². The molecule has 98 valence electrons. The zero-order valence-corrected chi connectivity index (χ0v) is 10.2. The van der Waals surface area contributed by atoms with Crippen molar-refractivity contribution in [2.75, 3.05) is 0 Å². The van der Waals surface area contributed by atoms with Crippen LogP contribution >= 0.6 is 0 Å². The van der Waals surface area contributed by atoms with Gasteiger partial charge >= 0.3 is 11.4 Å². The minimum atomic E-state index is -0.654. The third kappa shape index (κ3) is 2.15. The van der Waals surface area contributed by atoms with Gasteiger partial charge in [0, 0.05) is 17.8 Å². The van der Waals surface area contributed by atoms with Crippen LogP contribution in [-0.2, 0) is 0 Å². The van der Waals surface area contributed by atoms with Gasteiger partial charge < -0.3 is 0 Å². The second kappa shape index (κ2) is 4.48. The third-order valence-corrected chi connectivity index (χ3v) is 2.61. The Bertz CT molecular complexity index is 645. The second-order valence-corrected chi connectivity index (χ2v) is 4.00. The molecule has 1 aromatic heterocycles. The fourth-order valence-corrected chi connectivity index (χ4v) is 1.89. The van der Waals surface area contributed by atoms with Gasteiger partial charge in [0.05, 0.1) is 15.5 Å². The van der Waals surface area contributed by atoms with Crippen LogP contribution in [0.2, 0.25) is 0 Å². The summed E-state index contributed by atoms with van der Waals surface area (Å²) in [6, 6.07) is 5.42. The lowest BCUT2D eigenvalue weighted by atomic mass is 10.2. The van der Waals surface area contributed by atoms with Crippen LogP contribution in [-0.4, -0.2) is 19.6 Å². The maximum atomic E-state index is 11.0. The molecule has 1 heterocycles. The smallest absolute Gasteiger partial charge is 0.258 e. The molecule has 8 heteroatoms. The molecule has 0 atom stereocenters. The Hall–Kier alpha value is -2.77. The Morgan fingerprint density at radius 1 is 1.11 bits per heavy atom.